The molecule has 0 bridgehead atoms. The number of ether oxygens (including phenoxy) is 1. The highest BCUT2D eigenvalue weighted by Gasteiger charge is 2.42. The maximum Gasteiger partial charge on any atom is 0.335 e. The molecule has 2 aliphatic carbocycles. The molecule has 2 aliphatic rings. The van der Waals surface area contributed by atoms with Gasteiger partial charge in [0.15, 0.2) is 0 Å². The van der Waals surface area contributed by atoms with E-state index in [2.05, 4.69) is 24.5 Å². The summed E-state index contributed by atoms with van der Waals surface area (Å²) < 4.78 is 5.80. The number of carbonyl (C=O) groups is 2. The largest absolute Gasteiger partial charge is 0.478 e. The van der Waals surface area contributed by atoms with E-state index < -0.39 is 5.97 Å². The van der Waals surface area contributed by atoms with E-state index in [0.717, 1.165) is 43.4 Å². The van der Waals surface area contributed by atoms with E-state index in [1.54, 1.807) is 13.2 Å². The summed E-state index contributed by atoms with van der Waals surface area (Å²) in [6, 6.07) is 5.46. The number of methoxy groups -OCH3 is 1. The lowest BCUT2D eigenvalue weighted by molar-refractivity contribution is -0.125. The quantitative estimate of drug-likeness (QED) is 0.566. The van der Waals surface area contributed by atoms with Gasteiger partial charge in [-0.2, -0.15) is 0 Å². The van der Waals surface area contributed by atoms with E-state index in [0.29, 0.717) is 12.1 Å². The maximum absolute atomic E-state index is 12.3. The standard InChI is InChI=1S/C24H36N2O4/c1-24(2)19-14-18(23(28)29)11-10-17(19)15-20(30-3)21(24)25-12-7-13-26-22(27)16-8-5-4-6-9-16/h10-11,14,16,20-21,25H,4-9,12-13,15H2,1-3H3,(H,26,27)(H,28,29)/t20-,21+/m0/s1. The van der Waals surface area contributed by atoms with Crippen molar-refractivity contribution in [2.45, 2.75) is 76.4 Å². The van der Waals surface area contributed by atoms with Crippen molar-refractivity contribution in [2.24, 2.45) is 5.92 Å². The molecule has 0 aliphatic heterocycles. The smallest absolute Gasteiger partial charge is 0.335 e. The van der Waals surface area contributed by atoms with Gasteiger partial charge in [0.25, 0.3) is 0 Å². The van der Waals surface area contributed by atoms with Gasteiger partial charge < -0.3 is 20.5 Å². The number of rotatable bonds is 8. The van der Waals surface area contributed by atoms with Crippen LogP contribution in [0.4, 0.5) is 0 Å². The molecule has 1 amide bonds. The molecule has 1 fully saturated rings. The van der Waals surface area contributed by atoms with Crippen molar-refractivity contribution in [3.8, 4) is 0 Å². The number of carboxylic acids is 1. The summed E-state index contributed by atoms with van der Waals surface area (Å²) in [6.45, 7) is 5.73. The van der Waals surface area contributed by atoms with E-state index in [-0.39, 0.29) is 29.4 Å². The van der Waals surface area contributed by atoms with E-state index in [4.69, 9.17) is 4.74 Å². The lowest BCUT2D eigenvalue weighted by atomic mass is 9.67. The average molecular weight is 417 g/mol. The Morgan fingerprint density at radius 2 is 1.90 bits per heavy atom. The van der Waals surface area contributed by atoms with Crippen molar-refractivity contribution >= 4 is 11.9 Å². The third kappa shape index (κ3) is 5.03. The first-order valence-corrected chi connectivity index (χ1v) is 11.2. The fourth-order valence-corrected chi connectivity index (χ4v) is 5.13. The second kappa shape index (κ2) is 9.92. The highest BCUT2D eigenvalue weighted by Crippen LogP contribution is 2.38. The highest BCUT2D eigenvalue weighted by molar-refractivity contribution is 5.88. The number of nitrogens with one attached hydrogen (secondary N) is 2. The van der Waals surface area contributed by atoms with Crippen molar-refractivity contribution in [1.82, 2.24) is 10.6 Å². The molecule has 0 heterocycles. The molecule has 1 aromatic carbocycles. The molecule has 2 atom stereocenters. The number of amides is 1. The normalized spacial score (nSPS) is 23.6. The number of fused-ring (bicyclic) bond motifs is 1. The van der Waals surface area contributed by atoms with Gasteiger partial charge in [-0.1, -0.05) is 39.2 Å². The molecule has 0 saturated heterocycles. The van der Waals surface area contributed by atoms with Crippen LogP contribution in [0.1, 0.15) is 73.9 Å². The molecule has 0 radical (unpaired) electrons. The first-order valence-electron chi connectivity index (χ1n) is 11.2. The first-order chi connectivity index (χ1) is 14.3. The van der Waals surface area contributed by atoms with Crippen molar-refractivity contribution < 1.29 is 19.4 Å². The zero-order valence-electron chi connectivity index (χ0n) is 18.5. The van der Waals surface area contributed by atoms with Gasteiger partial charge >= 0.3 is 5.97 Å². The number of hydrogen-bond donors (Lipinski definition) is 3. The average Bonchev–Trinajstić information content (AvgIpc) is 2.74. The van der Waals surface area contributed by atoms with Gasteiger partial charge in [-0.05, 0) is 49.1 Å². The molecule has 6 nitrogen and oxygen atoms in total. The Balaban J connectivity index is 1.57. The van der Waals surface area contributed by atoms with Crippen LogP contribution in [-0.2, 0) is 21.4 Å². The Labute approximate surface area is 179 Å². The van der Waals surface area contributed by atoms with Crippen LogP contribution in [0.25, 0.3) is 0 Å². The van der Waals surface area contributed by atoms with E-state index in [9.17, 15) is 14.7 Å². The number of benzene rings is 1. The maximum atomic E-state index is 12.3. The minimum absolute atomic E-state index is 0.0139. The van der Waals surface area contributed by atoms with Gasteiger partial charge in [0.1, 0.15) is 0 Å². The molecule has 30 heavy (non-hydrogen) atoms. The van der Waals surface area contributed by atoms with Crippen LogP contribution in [-0.4, -0.2) is 49.3 Å². The highest BCUT2D eigenvalue weighted by atomic mass is 16.5. The van der Waals surface area contributed by atoms with Gasteiger partial charge in [-0.15, -0.1) is 0 Å². The molecule has 1 saturated carbocycles. The van der Waals surface area contributed by atoms with Gasteiger partial charge in [0.2, 0.25) is 5.91 Å². The minimum atomic E-state index is -0.902. The zero-order chi connectivity index (χ0) is 21.7. The predicted octanol–water partition coefficient (Wildman–Crippen LogP) is 3.28. The summed E-state index contributed by atoms with van der Waals surface area (Å²) in [5.74, 6) is -0.500. The lowest BCUT2D eigenvalue weighted by Crippen LogP contribution is -2.57. The predicted molar refractivity (Wildman–Crippen MR) is 117 cm³/mol. The van der Waals surface area contributed by atoms with Crippen molar-refractivity contribution in [3.63, 3.8) is 0 Å². The summed E-state index contributed by atoms with van der Waals surface area (Å²) >= 11 is 0. The molecule has 1 aromatic rings. The summed E-state index contributed by atoms with van der Waals surface area (Å²) in [6.07, 6.45) is 7.25. The molecule has 3 N–H and O–H groups in total. The van der Waals surface area contributed by atoms with Crippen LogP contribution in [0.15, 0.2) is 18.2 Å². The van der Waals surface area contributed by atoms with Crippen LogP contribution in [0.5, 0.6) is 0 Å². The third-order valence-corrected chi connectivity index (χ3v) is 6.92. The molecule has 6 heteroatoms. The Morgan fingerprint density at radius 3 is 2.57 bits per heavy atom. The molecular formula is C24H36N2O4. The summed E-state index contributed by atoms with van der Waals surface area (Å²) in [5.41, 5.74) is 2.26. The van der Waals surface area contributed by atoms with Crippen LogP contribution in [0, 0.1) is 5.92 Å². The molecular weight excluding hydrogens is 380 g/mol. The van der Waals surface area contributed by atoms with Crippen molar-refractivity contribution in [3.05, 3.63) is 34.9 Å². The SMILES string of the molecule is CO[C@H]1Cc2ccc(C(=O)O)cc2C(C)(C)[C@@H]1NCCCNC(=O)C1CCCCC1. The van der Waals surface area contributed by atoms with Gasteiger partial charge in [-0.3, -0.25) is 4.79 Å². The van der Waals surface area contributed by atoms with Crippen LogP contribution in [0.3, 0.4) is 0 Å². The molecule has 0 unspecified atom stereocenters. The zero-order valence-corrected chi connectivity index (χ0v) is 18.5. The van der Waals surface area contributed by atoms with E-state index >= 15 is 0 Å². The second-order valence-corrected chi connectivity index (χ2v) is 9.29. The van der Waals surface area contributed by atoms with Crippen LogP contribution >= 0.6 is 0 Å². The minimum Gasteiger partial charge on any atom is -0.478 e. The number of carbonyl (C=O) groups excluding carboxylic acids is 1. The summed E-state index contributed by atoms with van der Waals surface area (Å²) in [7, 11) is 1.73. The Kier molecular flexibility index (Phi) is 7.53. The van der Waals surface area contributed by atoms with Crippen LogP contribution < -0.4 is 10.6 Å². The van der Waals surface area contributed by atoms with Crippen molar-refractivity contribution in [2.75, 3.05) is 20.2 Å². The molecule has 3 rings (SSSR count). The van der Waals surface area contributed by atoms with Gasteiger partial charge in [0, 0.05) is 37.5 Å². The molecule has 0 aromatic heterocycles. The fraction of sp³-hybridized carbons (Fsp3) is 0.667. The topological polar surface area (TPSA) is 87.7 Å². The lowest BCUT2D eigenvalue weighted by Gasteiger charge is -2.45. The number of aromatic carboxylic acids is 1. The second-order valence-electron chi connectivity index (χ2n) is 9.29. The van der Waals surface area contributed by atoms with Gasteiger partial charge in [0.05, 0.1) is 11.7 Å². The Hall–Kier alpha value is -1.92. The van der Waals surface area contributed by atoms with E-state index in [1.165, 1.54) is 19.3 Å². The molecule has 166 valence electrons. The van der Waals surface area contributed by atoms with E-state index in [1.807, 2.05) is 12.1 Å². The molecule has 0 spiro atoms. The number of hydrogen-bond acceptors (Lipinski definition) is 4. The summed E-state index contributed by atoms with van der Waals surface area (Å²) in [4.78, 5) is 23.7. The summed E-state index contributed by atoms with van der Waals surface area (Å²) in [5, 5.41) is 16.1. The monoisotopic (exact) mass is 416 g/mol. The third-order valence-electron chi connectivity index (χ3n) is 6.92. The van der Waals surface area contributed by atoms with Crippen molar-refractivity contribution in [1.29, 1.82) is 0 Å². The van der Waals surface area contributed by atoms with Gasteiger partial charge in [-0.25, -0.2) is 4.79 Å². The number of carboxylic acid groups (broad SMARTS) is 1. The first kappa shape index (κ1) is 22.8. The Bertz CT molecular complexity index is 756. The Morgan fingerprint density at radius 1 is 1.17 bits per heavy atom. The van der Waals surface area contributed by atoms with Crippen LogP contribution in [0.2, 0.25) is 0 Å². The fourth-order valence-electron chi connectivity index (χ4n) is 5.13.